The van der Waals surface area contributed by atoms with Crippen LogP contribution in [-0.2, 0) is 24.8 Å². The van der Waals surface area contributed by atoms with Crippen LogP contribution in [0.5, 0.6) is 0 Å². The zero-order chi connectivity index (χ0) is 21.0. The van der Waals surface area contributed by atoms with Crippen molar-refractivity contribution >= 4 is 17.7 Å². The molecule has 1 amide bonds. The molecule has 1 heterocycles. The molecule has 0 saturated carbocycles. The molecule has 6 heteroatoms. The molecular weight excluding hydrogens is 368 g/mol. The van der Waals surface area contributed by atoms with Crippen molar-refractivity contribution in [2.45, 2.75) is 13.0 Å². The lowest BCUT2D eigenvalue weighted by Gasteiger charge is -2.17. The van der Waals surface area contributed by atoms with E-state index in [1.807, 2.05) is 30.3 Å². The van der Waals surface area contributed by atoms with Gasteiger partial charge in [-0.25, -0.2) is 0 Å². The van der Waals surface area contributed by atoms with Crippen molar-refractivity contribution in [1.29, 1.82) is 0 Å². The van der Waals surface area contributed by atoms with Crippen LogP contribution in [-0.4, -0.2) is 39.3 Å². The Morgan fingerprint density at radius 2 is 1.52 bits per heavy atom. The normalized spacial score (nSPS) is 10.6. The molecule has 0 atom stereocenters. The molecule has 0 aliphatic heterocycles. The Morgan fingerprint density at radius 1 is 0.897 bits per heavy atom. The van der Waals surface area contributed by atoms with Crippen molar-refractivity contribution in [3.05, 3.63) is 94.8 Å². The fourth-order valence-corrected chi connectivity index (χ4v) is 3.18. The van der Waals surface area contributed by atoms with Crippen molar-refractivity contribution < 1.29 is 19.5 Å². The number of carbonyl (C=O) groups is 3. The summed E-state index contributed by atoms with van der Waals surface area (Å²) < 4.78 is 1.59. The van der Waals surface area contributed by atoms with Crippen LogP contribution in [0.15, 0.2) is 66.7 Å². The SMILES string of the molecule is CN(Cc1ccccc1)C(=O)c1ccc(C(=O)c2ccc(CC(=O)O)n2C)cc1. The number of carboxylic acids is 1. The summed E-state index contributed by atoms with van der Waals surface area (Å²) in [5, 5.41) is 8.94. The summed E-state index contributed by atoms with van der Waals surface area (Å²) >= 11 is 0. The Morgan fingerprint density at radius 3 is 2.14 bits per heavy atom. The zero-order valence-corrected chi connectivity index (χ0v) is 16.3. The van der Waals surface area contributed by atoms with Gasteiger partial charge in [-0.05, 0) is 29.8 Å². The summed E-state index contributed by atoms with van der Waals surface area (Å²) in [6, 6.07) is 19.5. The van der Waals surface area contributed by atoms with Gasteiger partial charge in [-0.2, -0.15) is 0 Å². The number of nitrogens with zero attached hydrogens (tertiary/aromatic N) is 2. The van der Waals surface area contributed by atoms with E-state index in [1.54, 1.807) is 60.0 Å². The maximum atomic E-state index is 12.8. The number of benzene rings is 2. The van der Waals surface area contributed by atoms with Gasteiger partial charge in [-0.15, -0.1) is 0 Å². The maximum absolute atomic E-state index is 12.8. The Balaban J connectivity index is 1.72. The fourth-order valence-electron chi connectivity index (χ4n) is 3.18. The second kappa shape index (κ2) is 8.56. The van der Waals surface area contributed by atoms with E-state index < -0.39 is 5.97 Å². The predicted octanol–water partition coefficient (Wildman–Crippen LogP) is 3.16. The van der Waals surface area contributed by atoms with Crippen LogP contribution in [0.25, 0.3) is 0 Å². The molecule has 1 N–H and O–H groups in total. The standard InChI is InChI=1S/C23H22N2O4/c1-24(15-16-6-4-3-5-7-16)23(29)18-10-8-17(9-11-18)22(28)20-13-12-19(25(20)2)14-21(26)27/h3-13H,14-15H2,1-2H3,(H,26,27). The van der Waals surface area contributed by atoms with Gasteiger partial charge in [0, 0.05) is 37.5 Å². The number of carboxylic acid groups (broad SMARTS) is 1. The Hall–Kier alpha value is -3.67. The molecule has 0 unspecified atom stereocenters. The lowest BCUT2D eigenvalue weighted by molar-refractivity contribution is -0.136. The highest BCUT2D eigenvalue weighted by Crippen LogP contribution is 2.16. The second-order valence-corrected chi connectivity index (χ2v) is 6.89. The molecule has 0 radical (unpaired) electrons. The Labute approximate surface area is 169 Å². The summed E-state index contributed by atoms with van der Waals surface area (Å²) in [5.74, 6) is -1.30. The highest BCUT2D eigenvalue weighted by atomic mass is 16.4. The number of aromatic nitrogens is 1. The first kappa shape index (κ1) is 20.1. The number of hydrogen-bond donors (Lipinski definition) is 1. The van der Waals surface area contributed by atoms with Gasteiger partial charge in [-0.3, -0.25) is 14.4 Å². The van der Waals surface area contributed by atoms with Gasteiger partial charge in [0.2, 0.25) is 5.78 Å². The van der Waals surface area contributed by atoms with E-state index >= 15 is 0 Å². The quantitative estimate of drug-likeness (QED) is 0.629. The minimum atomic E-state index is -0.951. The molecule has 3 aromatic rings. The van der Waals surface area contributed by atoms with E-state index in [0.717, 1.165) is 5.56 Å². The summed E-state index contributed by atoms with van der Waals surface area (Å²) in [6.45, 7) is 0.496. The molecule has 0 saturated heterocycles. The number of amides is 1. The fraction of sp³-hybridized carbons (Fsp3) is 0.174. The van der Waals surface area contributed by atoms with Crippen LogP contribution in [0, 0.1) is 0 Å². The van der Waals surface area contributed by atoms with E-state index in [-0.39, 0.29) is 18.1 Å². The first-order valence-electron chi connectivity index (χ1n) is 9.17. The molecule has 6 nitrogen and oxygen atoms in total. The number of aliphatic carboxylic acids is 1. The first-order chi connectivity index (χ1) is 13.9. The molecule has 0 bridgehead atoms. The van der Waals surface area contributed by atoms with Crippen LogP contribution >= 0.6 is 0 Å². The van der Waals surface area contributed by atoms with E-state index in [4.69, 9.17) is 5.11 Å². The maximum Gasteiger partial charge on any atom is 0.309 e. The third-order valence-electron chi connectivity index (χ3n) is 4.79. The van der Waals surface area contributed by atoms with Crippen molar-refractivity contribution in [3.63, 3.8) is 0 Å². The summed E-state index contributed by atoms with van der Waals surface area (Å²) in [7, 11) is 3.41. The number of rotatable bonds is 7. The van der Waals surface area contributed by atoms with Crippen LogP contribution in [0.3, 0.4) is 0 Å². The summed E-state index contributed by atoms with van der Waals surface area (Å²) in [6.07, 6.45) is -0.148. The minimum Gasteiger partial charge on any atom is -0.481 e. The van der Waals surface area contributed by atoms with Gasteiger partial charge in [0.05, 0.1) is 12.1 Å². The van der Waals surface area contributed by atoms with Gasteiger partial charge in [0.1, 0.15) is 0 Å². The van der Waals surface area contributed by atoms with E-state index in [1.165, 1.54) is 0 Å². The lowest BCUT2D eigenvalue weighted by atomic mass is 10.1. The Kier molecular flexibility index (Phi) is 5.93. The van der Waals surface area contributed by atoms with Gasteiger partial charge in [-0.1, -0.05) is 42.5 Å². The van der Waals surface area contributed by atoms with Gasteiger partial charge in [0.15, 0.2) is 0 Å². The highest BCUT2D eigenvalue weighted by molar-refractivity contribution is 6.08. The number of ketones is 1. The number of carbonyl (C=O) groups excluding carboxylic acids is 2. The number of hydrogen-bond acceptors (Lipinski definition) is 3. The van der Waals surface area contributed by atoms with E-state index in [0.29, 0.717) is 29.1 Å². The van der Waals surface area contributed by atoms with E-state index in [2.05, 4.69) is 0 Å². The highest BCUT2D eigenvalue weighted by Gasteiger charge is 2.17. The molecule has 2 aromatic carbocycles. The Bertz CT molecular complexity index is 1040. The topological polar surface area (TPSA) is 79.6 Å². The largest absolute Gasteiger partial charge is 0.481 e. The first-order valence-corrected chi connectivity index (χ1v) is 9.17. The van der Waals surface area contributed by atoms with E-state index in [9.17, 15) is 14.4 Å². The molecule has 0 spiro atoms. The van der Waals surface area contributed by atoms with Gasteiger partial charge >= 0.3 is 5.97 Å². The smallest absolute Gasteiger partial charge is 0.309 e. The molecule has 3 rings (SSSR count). The van der Waals surface area contributed by atoms with Crippen LogP contribution < -0.4 is 0 Å². The molecule has 0 aliphatic rings. The van der Waals surface area contributed by atoms with Crippen molar-refractivity contribution in [1.82, 2.24) is 9.47 Å². The second-order valence-electron chi connectivity index (χ2n) is 6.89. The van der Waals surface area contributed by atoms with Gasteiger partial charge in [0.25, 0.3) is 5.91 Å². The lowest BCUT2D eigenvalue weighted by Crippen LogP contribution is -2.26. The third kappa shape index (κ3) is 4.60. The average molecular weight is 390 g/mol. The average Bonchev–Trinajstić information content (AvgIpc) is 3.07. The van der Waals surface area contributed by atoms with Crippen LogP contribution in [0.1, 0.15) is 37.7 Å². The van der Waals surface area contributed by atoms with Crippen LogP contribution in [0.4, 0.5) is 0 Å². The summed E-state index contributed by atoms with van der Waals surface area (Å²) in [4.78, 5) is 37.9. The molecular formula is C23H22N2O4. The van der Waals surface area contributed by atoms with Gasteiger partial charge < -0.3 is 14.6 Å². The monoisotopic (exact) mass is 390 g/mol. The van der Waals surface area contributed by atoms with Crippen molar-refractivity contribution in [2.24, 2.45) is 7.05 Å². The van der Waals surface area contributed by atoms with Crippen molar-refractivity contribution in [3.8, 4) is 0 Å². The third-order valence-corrected chi connectivity index (χ3v) is 4.79. The van der Waals surface area contributed by atoms with Crippen LogP contribution in [0.2, 0.25) is 0 Å². The molecule has 1 aromatic heterocycles. The summed E-state index contributed by atoms with van der Waals surface area (Å²) in [5.41, 5.74) is 2.93. The van der Waals surface area contributed by atoms with Crippen molar-refractivity contribution in [2.75, 3.05) is 7.05 Å². The predicted molar refractivity (Wildman–Crippen MR) is 109 cm³/mol. The molecule has 148 valence electrons. The minimum absolute atomic E-state index is 0.129. The zero-order valence-electron chi connectivity index (χ0n) is 16.3. The molecule has 0 aliphatic carbocycles. The molecule has 0 fully saturated rings. The molecule has 29 heavy (non-hydrogen) atoms.